The molecule has 1 amide bonds. The van der Waals surface area contributed by atoms with Crippen LogP contribution in [0.15, 0.2) is 53.4 Å². The van der Waals surface area contributed by atoms with E-state index in [4.69, 9.17) is 16.3 Å². The maximum Gasteiger partial charge on any atom is 0.339 e. The topological polar surface area (TPSA) is 72.4 Å². The molecule has 6 nitrogen and oxygen atoms in total. The highest BCUT2D eigenvalue weighted by molar-refractivity contribution is 8.05. The van der Waals surface area contributed by atoms with Gasteiger partial charge < -0.3 is 19.9 Å². The Morgan fingerprint density at radius 3 is 2.59 bits per heavy atom. The van der Waals surface area contributed by atoms with Gasteiger partial charge in [0.05, 0.1) is 22.6 Å². The van der Waals surface area contributed by atoms with Crippen LogP contribution in [0.25, 0.3) is 11.8 Å². The van der Waals surface area contributed by atoms with E-state index in [9.17, 15) is 9.59 Å². The lowest BCUT2D eigenvalue weighted by Crippen LogP contribution is -2.30. The standard InChI is InChI=1S/C26H26ClN3O3S/c1-5-17-6-8-19(9-7-17)28-26-29-24(31)23(34-26)13-18-12-15(2)30(16(18)3)20-10-11-21(22(27)14-20)25(32)33-4/h6-14,26,28H,5H2,1-4H3,(H,29,31)/b23-13-/t26-/m1/s1. The summed E-state index contributed by atoms with van der Waals surface area (Å²) in [6.07, 6.45) is 2.90. The molecule has 1 aromatic heterocycles. The molecule has 1 atom stereocenters. The van der Waals surface area contributed by atoms with Gasteiger partial charge in [-0.1, -0.05) is 42.4 Å². The smallest absolute Gasteiger partial charge is 0.339 e. The molecule has 0 spiro atoms. The van der Waals surface area contributed by atoms with Crippen molar-refractivity contribution in [1.82, 2.24) is 9.88 Å². The van der Waals surface area contributed by atoms with Gasteiger partial charge in [-0.15, -0.1) is 0 Å². The number of anilines is 1. The third kappa shape index (κ3) is 4.86. The monoisotopic (exact) mass is 495 g/mol. The number of thioether (sulfide) groups is 1. The number of ether oxygens (including phenoxy) is 1. The third-order valence-corrected chi connectivity index (χ3v) is 7.11. The van der Waals surface area contributed by atoms with Crippen LogP contribution in [-0.2, 0) is 16.0 Å². The van der Waals surface area contributed by atoms with Crippen LogP contribution in [0.1, 0.15) is 39.8 Å². The zero-order chi connectivity index (χ0) is 24.4. The molecule has 1 fully saturated rings. The van der Waals surface area contributed by atoms with Crippen LogP contribution in [0.5, 0.6) is 0 Å². The lowest BCUT2D eigenvalue weighted by Gasteiger charge is -2.13. The van der Waals surface area contributed by atoms with Crippen molar-refractivity contribution in [2.45, 2.75) is 32.7 Å². The van der Waals surface area contributed by atoms with Gasteiger partial charge in [0.2, 0.25) is 0 Å². The first-order valence-corrected chi connectivity index (χ1v) is 12.2. The molecule has 0 aliphatic carbocycles. The van der Waals surface area contributed by atoms with E-state index in [0.717, 1.165) is 34.7 Å². The second-order valence-corrected chi connectivity index (χ2v) is 9.55. The SMILES string of the molecule is CCc1ccc(N[C@@H]2NC(=O)/C(=C/c3cc(C)n(-c4ccc(C(=O)OC)c(Cl)c4)c3C)S2)cc1. The summed E-state index contributed by atoms with van der Waals surface area (Å²) in [7, 11) is 1.33. The molecule has 1 aliphatic heterocycles. The van der Waals surface area contributed by atoms with Crippen LogP contribution < -0.4 is 10.6 Å². The normalized spacial score (nSPS) is 16.6. The van der Waals surface area contributed by atoms with E-state index in [2.05, 4.69) is 29.7 Å². The van der Waals surface area contributed by atoms with Gasteiger partial charge in [0.25, 0.3) is 5.91 Å². The number of nitrogens with one attached hydrogen (secondary N) is 2. The van der Waals surface area contributed by atoms with Gasteiger partial charge in [0.15, 0.2) is 5.50 Å². The number of aromatic nitrogens is 1. The number of hydrogen-bond acceptors (Lipinski definition) is 5. The van der Waals surface area contributed by atoms with Crippen LogP contribution in [0.3, 0.4) is 0 Å². The number of aryl methyl sites for hydroxylation is 2. The van der Waals surface area contributed by atoms with Gasteiger partial charge in [0, 0.05) is 22.8 Å². The lowest BCUT2D eigenvalue weighted by molar-refractivity contribution is -0.116. The van der Waals surface area contributed by atoms with Crippen molar-refractivity contribution < 1.29 is 14.3 Å². The molecule has 2 aromatic carbocycles. The molecule has 34 heavy (non-hydrogen) atoms. The maximum atomic E-state index is 12.6. The molecule has 1 saturated heterocycles. The molecule has 8 heteroatoms. The minimum atomic E-state index is -0.475. The summed E-state index contributed by atoms with van der Waals surface area (Å²) in [5, 5.41) is 6.66. The number of carbonyl (C=O) groups excluding carboxylic acids is 2. The Hall–Kier alpha value is -3.16. The van der Waals surface area contributed by atoms with Crippen LogP contribution in [0, 0.1) is 13.8 Å². The summed E-state index contributed by atoms with van der Waals surface area (Å²) in [5.74, 6) is -0.584. The molecule has 2 N–H and O–H groups in total. The first-order chi connectivity index (χ1) is 16.3. The second-order valence-electron chi connectivity index (χ2n) is 7.99. The van der Waals surface area contributed by atoms with Crippen molar-refractivity contribution in [3.63, 3.8) is 0 Å². The Labute approximate surface area is 208 Å². The Balaban J connectivity index is 1.56. The van der Waals surface area contributed by atoms with Gasteiger partial charge in [-0.25, -0.2) is 4.79 Å². The fourth-order valence-corrected chi connectivity index (χ4v) is 5.17. The van der Waals surface area contributed by atoms with Gasteiger partial charge in [-0.2, -0.15) is 0 Å². The fraction of sp³-hybridized carbons (Fsp3) is 0.231. The Kier molecular flexibility index (Phi) is 7.05. The number of nitrogens with zero attached hydrogens (tertiary/aromatic N) is 1. The van der Waals surface area contributed by atoms with E-state index < -0.39 is 5.97 Å². The minimum absolute atomic E-state index is 0.108. The van der Waals surface area contributed by atoms with Gasteiger partial charge in [0.1, 0.15) is 0 Å². The average molecular weight is 496 g/mol. The number of methoxy groups -OCH3 is 1. The highest BCUT2D eigenvalue weighted by atomic mass is 35.5. The van der Waals surface area contributed by atoms with Crippen molar-refractivity contribution in [3.05, 3.63) is 86.5 Å². The second kappa shape index (κ2) is 9.99. The van der Waals surface area contributed by atoms with E-state index in [1.165, 1.54) is 24.4 Å². The van der Waals surface area contributed by atoms with Gasteiger partial charge in [-0.3, -0.25) is 4.79 Å². The number of carbonyl (C=O) groups is 2. The molecular weight excluding hydrogens is 470 g/mol. The van der Waals surface area contributed by atoms with E-state index in [0.29, 0.717) is 15.5 Å². The largest absolute Gasteiger partial charge is 0.465 e. The highest BCUT2D eigenvalue weighted by Crippen LogP contribution is 2.33. The van der Waals surface area contributed by atoms with Crippen molar-refractivity contribution >= 4 is 47.0 Å². The van der Waals surface area contributed by atoms with E-state index in [-0.39, 0.29) is 11.4 Å². The highest BCUT2D eigenvalue weighted by Gasteiger charge is 2.27. The summed E-state index contributed by atoms with van der Waals surface area (Å²) < 4.78 is 6.82. The molecular formula is C26H26ClN3O3S. The molecule has 0 radical (unpaired) electrons. The Morgan fingerprint density at radius 2 is 1.94 bits per heavy atom. The molecule has 4 rings (SSSR count). The zero-order valence-electron chi connectivity index (χ0n) is 19.4. The van der Waals surface area contributed by atoms with Crippen molar-refractivity contribution in [2.24, 2.45) is 0 Å². The predicted molar refractivity (Wildman–Crippen MR) is 139 cm³/mol. The number of amides is 1. The average Bonchev–Trinajstić information content (AvgIpc) is 3.31. The van der Waals surface area contributed by atoms with Crippen LogP contribution in [0.2, 0.25) is 5.02 Å². The maximum absolute atomic E-state index is 12.6. The molecule has 2 heterocycles. The van der Waals surface area contributed by atoms with E-state index in [1.54, 1.807) is 12.1 Å². The third-order valence-electron chi connectivity index (χ3n) is 5.76. The van der Waals surface area contributed by atoms with Gasteiger partial charge in [-0.05, 0) is 73.9 Å². The summed E-state index contributed by atoms with van der Waals surface area (Å²) >= 11 is 7.79. The molecule has 0 bridgehead atoms. The van der Waals surface area contributed by atoms with Crippen molar-refractivity contribution in [1.29, 1.82) is 0 Å². The predicted octanol–water partition coefficient (Wildman–Crippen LogP) is 5.70. The quantitative estimate of drug-likeness (QED) is 0.339. The van der Waals surface area contributed by atoms with Crippen molar-refractivity contribution in [3.8, 4) is 5.69 Å². The number of esters is 1. The minimum Gasteiger partial charge on any atom is -0.465 e. The zero-order valence-corrected chi connectivity index (χ0v) is 21.0. The molecule has 0 unspecified atom stereocenters. The summed E-state index contributed by atoms with van der Waals surface area (Å²) in [4.78, 5) is 25.1. The first-order valence-electron chi connectivity index (χ1n) is 10.9. The summed E-state index contributed by atoms with van der Waals surface area (Å²) in [5.41, 5.74) is 6.03. The van der Waals surface area contributed by atoms with Crippen LogP contribution in [0.4, 0.5) is 5.69 Å². The molecule has 176 valence electrons. The van der Waals surface area contributed by atoms with Crippen molar-refractivity contribution in [2.75, 3.05) is 12.4 Å². The lowest BCUT2D eigenvalue weighted by atomic mass is 10.1. The Bertz CT molecular complexity index is 1280. The number of rotatable bonds is 6. The summed E-state index contributed by atoms with van der Waals surface area (Å²) in [6.45, 7) is 6.10. The van der Waals surface area contributed by atoms with Crippen LogP contribution in [-0.4, -0.2) is 29.1 Å². The first kappa shape index (κ1) is 24.0. The number of benzene rings is 2. The van der Waals surface area contributed by atoms with Crippen LogP contribution >= 0.6 is 23.4 Å². The fourth-order valence-electron chi connectivity index (χ4n) is 3.94. The molecule has 1 aliphatic rings. The van der Waals surface area contributed by atoms with E-state index in [1.807, 2.05) is 48.8 Å². The Morgan fingerprint density at radius 1 is 1.21 bits per heavy atom. The summed E-state index contributed by atoms with van der Waals surface area (Å²) in [6, 6.07) is 15.5. The molecule has 3 aromatic rings. The van der Waals surface area contributed by atoms with E-state index >= 15 is 0 Å². The molecule has 0 saturated carbocycles. The number of hydrogen-bond donors (Lipinski definition) is 2. The number of halogens is 1. The van der Waals surface area contributed by atoms with Gasteiger partial charge >= 0.3 is 5.97 Å².